The van der Waals surface area contributed by atoms with Crippen molar-refractivity contribution in [3.05, 3.63) is 87.3 Å². The molecule has 10 heteroatoms. The molecule has 4 heterocycles. The van der Waals surface area contributed by atoms with Gasteiger partial charge < -0.3 is 4.90 Å². The third-order valence-corrected chi connectivity index (χ3v) is 7.39. The molecule has 0 unspecified atom stereocenters. The molecular formula is C26H26N8OS. The third kappa shape index (κ3) is 3.69. The predicted octanol–water partition coefficient (Wildman–Crippen LogP) is 3.36. The highest BCUT2D eigenvalue weighted by molar-refractivity contribution is 7.71. The Morgan fingerprint density at radius 2 is 1.78 bits per heavy atom. The molecule has 0 amide bonds. The quantitative estimate of drug-likeness (QED) is 0.352. The lowest BCUT2D eigenvalue weighted by molar-refractivity contribution is 0.194. The molecular weight excluding hydrogens is 472 g/mol. The van der Waals surface area contributed by atoms with Crippen molar-refractivity contribution in [2.75, 3.05) is 31.1 Å². The Bertz CT molecular complexity index is 1700. The number of fused-ring (bicyclic) bond motifs is 3. The summed E-state index contributed by atoms with van der Waals surface area (Å²) in [6.45, 7) is 8.00. The van der Waals surface area contributed by atoms with E-state index in [4.69, 9.17) is 17.3 Å². The molecule has 1 aliphatic rings. The second-order valence-electron chi connectivity index (χ2n) is 9.10. The highest BCUT2D eigenvalue weighted by Gasteiger charge is 2.22. The molecule has 0 bridgehead atoms. The Hall–Kier alpha value is -3.89. The summed E-state index contributed by atoms with van der Waals surface area (Å²) in [7, 11) is 0. The molecule has 0 saturated carbocycles. The van der Waals surface area contributed by atoms with Crippen molar-refractivity contribution in [2.24, 2.45) is 0 Å². The molecule has 0 spiro atoms. The zero-order valence-corrected chi connectivity index (χ0v) is 21.0. The predicted molar refractivity (Wildman–Crippen MR) is 142 cm³/mol. The monoisotopic (exact) mass is 498 g/mol. The fourth-order valence-corrected chi connectivity index (χ4v) is 5.14. The van der Waals surface area contributed by atoms with E-state index in [1.54, 1.807) is 23.2 Å². The molecule has 0 aliphatic carbocycles. The van der Waals surface area contributed by atoms with Crippen molar-refractivity contribution >= 4 is 34.7 Å². The second-order valence-corrected chi connectivity index (χ2v) is 9.47. The molecule has 0 atom stereocenters. The Morgan fingerprint density at radius 3 is 2.56 bits per heavy atom. The number of aromatic nitrogens is 6. The average molecular weight is 499 g/mol. The maximum absolute atomic E-state index is 13.7. The van der Waals surface area contributed by atoms with Crippen LogP contribution >= 0.6 is 12.2 Å². The smallest absolute Gasteiger partial charge is 0.267 e. The zero-order chi connectivity index (χ0) is 24.8. The fourth-order valence-electron chi connectivity index (χ4n) is 4.86. The van der Waals surface area contributed by atoms with E-state index in [0.29, 0.717) is 22.6 Å². The van der Waals surface area contributed by atoms with E-state index in [1.807, 2.05) is 65.4 Å². The molecule has 9 nitrogen and oxygen atoms in total. The first-order valence-corrected chi connectivity index (χ1v) is 12.4. The van der Waals surface area contributed by atoms with Gasteiger partial charge >= 0.3 is 0 Å². The minimum Gasteiger partial charge on any atom is -0.353 e. The normalized spacial score (nSPS) is 14.7. The van der Waals surface area contributed by atoms with E-state index in [-0.39, 0.29) is 5.56 Å². The van der Waals surface area contributed by atoms with E-state index >= 15 is 0 Å². The van der Waals surface area contributed by atoms with Crippen LogP contribution in [0.25, 0.3) is 22.4 Å². The van der Waals surface area contributed by atoms with Gasteiger partial charge in [-0.25, -0.2) is 14.2 Å². The molecule has 5 aromatic rings. The Kier molecular flexibility index (Phi) is 5.62. The van der Waals surface area contributed by atoms with Crippen molar-refractivity contribution in [1.29, 1.82) is 0 Å². The first-order valence-electron chi connectivity index (χ1n) is 12.0. The van der Waals surface area contributed by atoms with Gasteiger partial charge in [-0.15, -0.1) is 5.10 Å². The molecule has 1 aliphatic heterocycles. The van der Waals surface area contributed by atoms with Gasteiger partial charge in [0.05, 0.1) is 29.5 Å². The van der Waals surface area contributed by atoms with E-state index in [2.05, 4.69) is 19.8 Å². The summed E-state index contributed by atoms with van der Waals surface area (Å²) in [4.78, 5) is 26.9. The second kappa shape index (κ2) is 8.96. The van der Waals surface area contributed by atoms with Crippen LogP contribution in [-0.2, 0) is 6.67 Å². The SMILES string of the molecule is Cc1cccc(-n2c(=O)c3ccccc3n3c(=S)n(CN4CCN(c5cnccn5)CC4)nc23)c1C. The summed E-state index contributed by atoms with van der Waals surface area (Å²) in [6, 6.07) is 13.6. The summed E-state index contributed by atoms with van der Waals surface area (Å²) in [5.74, 6) is 1.42. The number of nitrogens with zero attached hydrogens (tertiary/aromatic N) is 8. The summed E-state index contributed by atoms with van der Waals surface area (Å²) in [5.41, 5.74) is 3.64. The molecule has 3 aromatic heterocycles. The molecule has 0 radical (unpaired) electrons. The highest BCUT2D eigenvalue weighted by Crippen LogP contribution is 2.22. The van der Waals surface area contributed by atoms with Gasteiger partial charge in [-0.1, -0.05) is 24.3 Å². The van der Waals surface area contributed by atoms with Crippen LogP contribution in [0, 0.1) is 18.6 Å². The van der Waals surface area contributed by atoms with Crippen molar-refractivity contribution in [2.45, 2.75) is 20.5 Å². The van der Waals surface area contributed by atoms with Gasteiger partial charge in [0.15, 0.2) is 0 Å². The Labute approximate surface area is 212 Å². The van der Waals surface area contributed by atoms with Gasteiger partial charge in [0, 0.05) is 38.6 Å². The summed E-state index contributed by atoms with van der Waals surface area (Å²) in [5, 5.41) is 5.51. The average Bonchev–Trinajstić information content (AvgIpc) is 3.23. The maximum Gasteiger partial charge on any atom is 0.267 e. The summed E-state index contributed by atoms with van der Waals surface area (Å²) in [6.07, 6.45) is 5.20. The van der Waals surface area contributed by atoms with E-state index in [1.165, 1.54) is 0 Å². The maximum atomic E-state index is 13.7. The van der Waals surface area contributed by atoms with Gasteiger partial charge in [0.2, 0.25) is 10.5 Å². The minimum absolute atomic E-state index is 0.100. The van der Waals surface area contributed by atoms with Crippen LogP contribution < -0.4 is 10.5 Å². The van der Waals surface area contributed by atoms with Crippen LogP contribution in [-0.4, -0.2) is 59.8 Å². The van der Waals surface area contributed by atoms with E-state index in [9.17, 15) is 4.79 Å². The van der Waals surface area contributed by atoms with Crippen LogP contribution in [0.4, 0.5) is 5.82 Å². The number of para-hydroxylation sites is 1. The first kappa shape index (κ1) is 22.6. The third-order valence-electron chi connectivity index (χ3n) is 7.00. The lowest BCUT2D eigenvalue weighted by Crippen LogP contribution is -2.47. The van der Waals surface area contributed by atoms with Gasteiger partial charge in [0.25, 0.3) is 5.56 Å². The molecule has 1 fully saturated rings. The lowest BCUT2D eigenvalue weighted by Gasteiger charge is -2.34. The largest absolute Gasteiger partial charge is 0.353 e. The van der Waals surface area contributed by atoms with Crippen molar-refractivity contribution < 1.29 is 0 Å². The van der Waals surface area contributed by atoms with Gasteiger partial charge in [-0.3, -0.25) is 19.1 Å². The molecule has 0 N–H and O–H groups in total. The zero-order valence-electron chi connectivity index (χ0n) is 20.2. The van der Waals surface area contributed by atoms with Crippen molar-refractivity contribution in [3.8, 4) is 5.69 Å². The first-order chi connectivity index (χ1) is 17.5. The van der Waals surface area contributed by atoms with Crippen LogP contribution in [0.15, 0.2) is 65.8 Å². The summed E-state index contributed by atoms with van der Waals surface area (Å²) < 4.78 is 6.01. The van der Waals surface area contributed by atoms with Gasteiger partial charge in [-0.2, -0.15) is 0 Å². The minimum atomic E-state index is -0.100. The Balaban J connectivity index is 1.43. The number of aryl methyl sites for hydroxylation is 1. The van der Waals surface area contributed by atoms with Crippen LogP contribution in [0.3, 0.4) is 0 Å². The van der Waals surface area contributed by atoms with Crippen molar-refractivity contribution in [1.82, 2.24) is 33.6 Å². The number of anilines is 1. The molecule has 1 saturated heterocycles. The number of benzene rings is 2. The van der Waals surface area contributed by atoms with E-state index in [0.717, 1.165) is 54.3 Å². The highest BCUT2D eigenvalue weighted by atomic mass is 32.1. The van der Waals surface area contributed by atoms with Crippen molar-refractivity contribution in [3.63, 3.8) is 0 Å². The summed E-state index contributed by atoms with van der Waals surface area (Å²) >= 11 is 5.93. The topological polar surface area (TPSA) is 76.5 Å². The number of hydrogen-bond donors (Lipinski definition) is 0. The number of rotatable bonds is 4. The van der Waals surface area contributed by atoms with Gasteiger partial charge in [0.1, 0.15) is 5.82 Å². The molecule has 182 valence electrons. The van der Waals surface area contributed by atoms with Gasteiger partial charge in [-0.05, 0) is 55.4 Å². The number of piperazine rings is 1. The Morgan fingerprint density at radius 1 is 0.972 bits per heavy atom. The van der Waals surface area contributed by atoms with Crippen LogP contribution in [0.1, 0.15) is 11.1 Å². The number of hydrogen-bond acceptors (Lipinski definition) is 7. The van der Waals surface area contributed by atoms with Crippen LogP contribution in [0.5, 0.6) is 0 Å². The molecule has 2 aromatic carbocycles. The lowest BCUT2D eigenvalue weighted by atomic mass is 10.1. The standard InChI is InChI=1S/C26H26N8OS/c1-18-6-5-9-21(19(18)2)33-24(35)20-7-3-4-8-22(20)34-25(33)29-32(26(34)36)17-30-12-14-31(15-13-30)23-16-27-10-11-28-23/h3-11,16H,12-15,17H2,1-2H3. The van der Waals surface area contributed by atoms with Crippen LogP contribution in [0.2, 0.25) is 0 Å². The molecule has 6 rings (SSSR count). The van der Waals surface area contributed by atoms with E-state index < -0.39 is 0 Å². The molecule has 36 heavy (non-hydrogen) atoms. The fraction of sp³-hybridized carbons (Fsp3) is 0.269.